The topological polar surface area (TPSA) is 48.9 Å². The van der Waals surface area contributed by atoms with E-state index in [0.29, 0.717) is 6.04 Å². The third kappa shape index (κ3) is 3.83. The van der Waals surface area contributed by atoms with E-state index in [1.165, 1.54) is 43.2 Å². The normalized spacial score (nSPS) is 28.4. The van der Waals surface area contributed by atoms with Gasteiger partial charge in [0, 0.05) is 38.1 Å². The van der Waals surface area contributed by atoms with Crippen LogP contribution in [-0.2, 0) is 12.8 Å². The quantitative estimate of drug-likeness (QED) is 0.642. The monoisotopic (exact) mass is 356 g/mol. The van der Waals surface area contributed by atoms with E-state index in [1.807, 2.05) is 7.05 Å². The summed E-state index contributed by atoms with van der Waals surface area (Å²) >= 11 is 0. The van der Waals surface area contributed by atoms with Crippen molar-refractivity contribution in [3.05, 3.63) is 29.3 Å². The predicted octanol–water partition coefficient (Wildman–Crippen LogP) is 2.34. The van der Waals surface area contributed by atoms with Crippen molar-refractivity contribution < 1.29 is 4.74 Å². The van der Waals surface area contributed by atoms with Gasteiger partial charge in [0.15, 0.2) is 5.96 Å². The lowest BCUT2D eigenvalue weighted by Gasteiger charge is -2.47. The Morgan fingerprint density at radius 2 is 2.08 bits per heavy atom. The summed E-state index contributed by atoms with van der Waals surface area (Å²) in [6.45, 7) is 1.73. The minimum atomic E-state index is 0.546. The Bertz CT molecular complexity index is 645. The molecule has 0 amide bonds. The predicted molar refractivity (Wildman–Crippen MR) is 106 cm³/mol. The molecule has 2 unspecified atom stereocenters. The fraction of sp³-hybridized carbons (Fsp3) is 0.667. The second-order valence-corrected chi connectivity index (χ2v) is 8.01. The minimum Gasteiger partial charge on any atom is -0.493 e. The summed E-state index contributed by atoms with van der Waals surface area (Å²) in [6.07, 6.45) is 8.60. The van der Waals surface area contributed by atoms with Crippen LogP contribution in [0.25, 0.3) is 0 Å². The van der Waals surface area contributed by atoms with Crippen LogP contribution in [0.5, 0.6) is 5.75 Å². The van der Waals surface area contributed by atoms with Gasteiger partial charge in [0.25, 0.3) is 0 Å². The largest absolute Gasteiger partial charge is 0.493 e. The molecule has 0 radical (unpaired) electrons. The van der Waals surface area contributed by atoms with E-state index in [2.05, 4.69) is 45.8 Å². The van der Waals surface area contributed by atoms with Crippen molar-refractivity contribution in [2.45, 2.75) is 63.1 Å². The molecule has 1 aromatic carbocycles. The van der Waals surface area contributed by atoms with Crippen molar-refractivity contribution in [2.75, 3.05) is 27.2 Å². The number of nitrogens with one attached hydrogen (secondary N) is 2. The zero-order valence-corrected chi connectivity index (χ0v) is 16.1. The molecule has 2 saturated heterocycles. The molecule has 26 heavy (non-hydrogen) atoms. The first-order chi connectivity index (χ1) is 12.7. The molecule has 0 aliphatic carbocycles. The number of nitrogens with zero attached hydrogens (tertiary/aromatic N) is 2. The molecule has 142 valence electrons. The smallest absolute Gasteiger partial charge is 0.191 e. The fourth-order valence-electron chi connectivity index (χ4n) is 4.84. The number of ether oxygens (including phenoxy) is 1. The van der Waals surface area contributed by atoms with Gasteiger partial charge in [-0.25, -0.2) is 0 Å². The summed E-state index contributed by atoms with van der Waals surface area (Å²) < 4.78 is 5.59. The highest BCUT2D eigenvalue weighted by molar-refractivity contribution is 5.80. The van der Waals surface area contributed by atoms with E-state index >= 15 is 0 Å². The van der Waals surface area contributed by atoms with Crippen molar-refractivity contribution in [3.8, 4) is 5.75 Å². The van der Waals surface area contributed by atoms with Crippen LogP contribution in [0.2, 0.25) is 0 Å². The van der Waals surface area contributed by atoms with Crippen LogP contribution in [0, 0.1) is 0 Å². The number of rotatable bonds is 4. The van der Waals surface area contributed by atoms with Gasteiger partial charge in [-0.1, -0.05) is 18.6 Å². The molecule has 5 nitrogen and oxygen atoms in total. The van der Waals surface area contributed by atoms with Crippen LogP contribution in [0.3, 0.4) is 0 Å². The highest BCUT2D eigenvalue weighted by atomic mass is 16.5. The molecule has 3 aliphatic heterocycles. The Hall–Kier alpha value is -1.75. The van der Waals surface area contributed by atoms with Crippen LogP contribution in [-0.4, -0.2) is 56.2 Å². The van der Waals surface area contributed by atoms with Crippen LogP contribution in [0.1, 0.15) is 43.2 Å². The number of piperidine rings is 2. The van der Waals surface area contributed by atoms with Gasteiger partial charge in [0.1, 0.15) is 5.75 Å². The van der Waals surface area contributed by atoms with Crippen molar-refractivity contribution in [1.82, 2.24) is 15.5 Å². The molecule has 2 atom stereocenters. The van der Waals surface area contributed by atoms with Gasteiger partial charge in [-0.15, -0.1) is 0 Å². The maximum atomic E-state index is 5.59. The zero-order chi connectivity index (χ0) is 17.9. The first-order valence-corrected chi connectivity index (χ1v) is 10.2. The second-order valence-electron chi connectivity index (χ2n) is 8.01. The van der Waals surface area contributed by atoms with Crippen molar-refractivity contribution in [3.63, 3.8) is 0 Å². The molecular weight excluding hydrogens is 324 g/mol. The summed E-state index contributed by atoms with van der Waals surface area (Å²) in [7, 11) is 4.18. The van der Waals surface area contributed by atoms with E-state index in [1.54, 1.807) is 0 Å². The molecule has 0 aromatic heterocycles. The summed E-state index contributed by atoms with van der Waals surface area (Å²) in [4.78, 5) is 7.05. The number of hydrogen-bond acceptors (Lipinski definition) is 3. The molecule has 4 rings (SSSR count). The Balaban J connectivity index is 1.26. The van der Waals surface area contributed by atoms with Crippen molar-refractivity contribution in [1.29, 1.82) is 0 Å². The first kappa shape index (κ1) is 17.7. The molecule has 5 heteroatoms. The standard InChI is InChI=1S/C21H32N4O/c1-22-21(24-17-13-18-4-3-5-19(14-17)25(18)2)23-10-8-15-6-7-20-16(12-15)9-11-26-20/h6-7,12,17-19H,3-5,8-11,13-14H2,1-2H3,(H2,22,23,24). The van der Waals surface area contributed by atoms with Gasteiger partial charge in [0.2, 0.25) is 0 Å². The molecule has 1 aromatic rings. The van der Waals surface area contributed by atoms with Crippen LogP contribution < -0.4 is 15.4 Å². The van der Waals surface area contributed by atoms with Crippen LogP contribution in [0.15, 0.2) is 23.2 Å². The Morgan fingerprint density at radius 3 is 2.85 bits per heavy atom. The molecule has 3 heterocycles. The molecule has 3 aliphatic rings. The van der Waals surface area contributed by atoms with Gasteiger partial charge >= 0.3 is 0 Å². The van der Waals surface area contributed by atoms with Gasteiger partial charge in [-0.2, -0.15) is 0 Å². The molecular formula is C21H32N4O. The van der Waals surface area contributed by atoms with Crippen LogP contribution in [0.4, 0.5) is 0 Å². The Morgan fingerprint density at radius 1 is 1.27 bits per heavy atom. The average Bonchev–Trinajstić information content (AvgIpc) is 3.09. The third-order valence-electron chi connectivity index (χ3n) is 6.36. The van der Waals surface area contributed by atoms with E-state index in [4.69, 9.17) is 4.74 Å². The SMILES string of the molecule is CN=C(NCCc1ccc2c(c1)CCO2)NC1CC2CCCC(C1)N2C. The minimum absolute atomic E-state index is 0.546. The lowest BCUT2D eigenvalue weighted by molar-refractivity contribution is 0.0526. The van der Waals surface area contributed by atoms with Gasteiger partial charge in [0.05, 0.1) is 6.61 Å². The fourth-order valence-corrected chi connectivity index (χ4v) is 4.84. The summed E-state index contributed by atoms with van der Waals surface area (Å²) in [5.41, 5.74) is 2.72. The lowest BCUT2D eigenvalue weighted by atomic mass is 9.82. The number of guanidine groups is 1. The Kier molecular flexibility index (Phi) is 5.34. The second kappa shape index (κ2) is 7.87. The maximum absolute atomic E-state index is 5.59. The van der Waals surface area contributed by atoms with E-state index in [0.717, 1.165) is 49.8 Å². The average molecular weight is 357 g/mol. The molecule has 0 spiro atoms. The van der Waals surface area contributed by atoms with E-state index in [-0.39, 0.29) is 0 Å². The first-order valence-electron chi connectivity index (χ1n) is 10.2. The highest BCUT2D eigenvalue weighted by Crippen LogP contribution is 2.32. The summed E-state index contributed by atoms with van der Waals surface area (Å²) in [6, 6.07) is 8.61. The number of fused-ring (bicyclic) bond motifs is 3. The highest BCUT2D eigenvalue weighted by Gasteiger charge is 2.36. The number of aliphatic imine (C=N–C) groups is 1. The van der Waals surface area contributed by atoms with Crippen molar-refractivity contribution >= 4 is 5.96 Å². The molecule has 0 saturated carbocycles. The van der Waals surface area contributed by atoms with Gasteiger partial charge in [-0.05, 0) is 56.3 Å². The summed E-state index contributed by atoms with van der Waals surface area (Å²) in [5, 5.41) is 7.18. The van der Waals surface area contributed by atoms with Gasteiger partial charge < -0.3 is 20.3 Å². The van der Waals surface area contributed by atoms with Crippen LogP contribution >= 0.6 is 0 Å². The molecule has 2 N–H and O–H groups in total. The Labute approximate surface area is 157 Å². The van der Waals surface area contributed by atoms with E-state index in [9.17, 15) is 0 Å². The summed E-state index contributed by atoms with van der Waals surface area (Å²) in [5.74, 6) is 2.01. The molecule has 2 bridgehead atoms. The van der Waals surface area contributed by atoms with E-state index < -0.39 is 0 Å². The zero-order valence-electron chi connectivity index (χ0n) is 16.1. The number of benzene rings is 1. The van der Waals surface area contributed by atoms with Crippen molar-refractivity contribution in [2.24, 2.45) is 4.99 Å². The number of hydrogen-bond donors (Lipinski definition) is 2. The molecule has 2 fully saturated rings. The third-order valence-corrected chi connectivity index (χ3v) is 6.36. The lowest BCUT2D eigenvalue weighted by Crippen LogP contribution is -2.56. The maximum Gasteiger partial charge on any atom is 0.191 e. The van der Waals surface area contributed by atoms with Gasteiger partial charge in [-0.3, -0.25) is 4.99 Å².